The molecule has 7 nitrogen and oxygen atoms in total. The number of amides is 2. The highest BCUT2D eigenvalue weighted by molar-refractivity contribution is 6.05. The molecular formula is C26H22N4O3. The normalized spacial score (nSPS) is 13.1. The first-order chi connectivity index (χ1) is 16.0. The van der Waals surface area contributed by atoms with Crippen molar-refractivity contribution in [1.82, 2.24) is 14.7 Å². The molecule has 1 aromatic heterocycles. The molecule has 4 aromatic rings. The van der Waals surface area contributed by atoms with Crippen LogP contribution in [0, 0.1) is 0 Å². The number of carbonyl (C=O) groups excluding carboxylic acids is 2. The van der Waals surface area contributed by atoms with Crippen LogP contribution in [-0.4, -0.2) is 32.5 Å². The topological polar surface area (TPSA) is 98.3 Å². The molecule has 1 fully saturated rings. The van der Waals surface area contributed by atoms with E-state index < -0.39 is 5.91 Å². The molecule has 7 heteroatoms. The van der Waals surface area contributed by atoms with E-state index >= 15 is 0 Å². The van der Waals surface area contributed by atoms with Gasteiger partial charge in [0.05, 0.1) is 11.1 Å². The van der Waals surface area contributed by atoms with Crippen LogP contribution in [0.3, 0.4) is 0 Å². The summed E-state index contributed by atoms with van der Waals surface area (Å²) in [6.07, 6.45) is 1.84. The number of aromatic nitrogens is 2. The van der Waals surface area contributed by atoms with Crippen molar-refractivity contribution >= 4 is 22.6 Å². The Morgan fingerprint density at radius 2 is 1.55 bits per heavy atom. The molecule has 1 aliphatic carbocycles. The molecule has 0 radical (unpaired) electrons. The van der Waals surface area contributed by atoms with Crippen LogP contribution < -0.4 is 11.3 Å². The Balaban J connectivity index is 1.58. The van der Waals surface area contributed by atoms with Crippen LogP contribution in [0.15, 0.2) is 83.7 Å². The van der Waals surface area contributed by atoms with Gasteiger partial charge in [-0.1, -0.05) is 48.5 Å². The Kier molecular flexibility index (Phi) is 5.22. The Morgan fingerprint density at radius 3 is 2.18 bits per heavy atom. The Bertz CT molecular complexity index is 1410. The first kappa shape index (κ1) is 20.6. The highest BCUT2D eigenvalue weighted by Crippen LogP contribution is 2.30. The molecule has 164 valence electrons. The number of para-hydroxylation sites is 1. The lowest BCUT2D eigenvalue weighted by atomic mass is 10.1. The van der Waals surface area contributed by atoms with Crippen LogP contribution >= 0.6 is 0 Å². The van der Waals surface area contributed by atoms with E-state index in [1.807, 2.05) is 18.2 Å². The molecule has 2 N–H and O–H groups in total. The second kappa shape index (κ2) is 8.35. The molecule has 0 bridgehead atoms. The van der Waals surface area contributed by atoms with Crippen LogP contribution in [0.4, 0.5) is 0 Å². The third-order valence-corrected chi connectivity index (χ3v) is 5.85. The molecule has 0 spiro atoms. The summed E-state index contributed by atoms with van der Waals surface area (Å²) in [6.45, 7) is 0.378. The van der Waals surface area contributed by atoms with Crippen molar-refractivity contribution in [3.05, 3.63) is 106 Å². The lowest BCUT2D eigenvalue weighted by Crippen LogP contribution is -2.35. The molecule has 1 saturated carbocycles. The SMILES string of the molecule is NC(=O)c1ccc(CN(C(=O)c2nn(-c3ccccc3)c(=O)c3ccccc23)C2CC2)cc1. The van der Waals surface area contributed by atoms with Crippen LogP contribution in [0.1, 0.15) is 39.3 Å². The summed E-state index contributed by atoms with van der Waals surface area (Å²) >= 11 is 0. The number of hydrogen-bond acceptors (Lipinski definition) is 4. The molecular weight excluding hydrogens is 416 g/mol. The number of rotatable bonds is 6. The van der Waals surface area contributed by atoms with Gasteiger partial charge in [0, 0.05) is 23.5 Å². The Hall–Kier alpha value is -4.26. The standard InChI is InChI=1S/C26H22N4O3/c27-24(31)18-12-10-17(11-13-18)16-29(19-14-15-19)26(33)23-21-8-4-5-9-22(21)25(32)30(28-23)20-6-2-1-3-7-20/h1-13,19H,14-16H2,(H2,27,31). The van der Waals surface area contributed by atoms with Crippen LogP contribution in [0.2, 0.25) is 0 Å². The maximum Gasteiger partial charge on any atom is 0.279 e. The molecule has 2 amide bonds. The number of primary amides is 1. The number of nitrogens with zero attached hydrogens (tertiary/aromatic N) is 3. The average molecular weight is 438 g/mol. The summed E-state index contributed by atoms with van der Waals surface area (Å²) in [5.74, 6) is -0.715. The number of nitrogens with two attached hydrogens (primary N) is 1. The molecule has 0 unspecified atom stereocenters. The zero-order valence-electron chi connectivity index (χ0n) is 17.8. The number of benzene rings is 3. The van der Waals surface area contributed by atoms with Gasteiger partial charge in [0.2, 0.25) is 5.91 Å². The fourth-order valence-corrected chi connectivity index (χ4v) is 3.95. The van der Waals surface area contributed by atoms with Crippen LogP contribution in [0.25, 0.3) is 16.5 Å². The Labute approximate surface area is 190 Å². The largest absolute Gasteiger partial charge is 0.366 e. The predicted molar refractivity (Wildman–Crippen MR) is 125 cm³/mol. The van der Waals surface area contributed by atoms with Gasteiger partial charge in [-0.15, -0.1) is 0 Å². The zero-order valence-corrected chi connectivity index (χ0v) is 17.8. The number of carbonyl (C=O) groups is 2. The minimum Gasteiger partial charge on any atom is -0.366 e. The van der Waals surface area contributed by atoms with E-state index in [1.54, 1.807) is 65.6 Å². The molecule has 5 rings (SSSR count). The van der Waals surface area contributed by atoms with Gasteiger partial charge in [-0.2, -0.15) is 9.78 Å². The lowest BCUT2D eigenvalue weighted by molar-refractivity contribution is 0.0724. The van der Waals surface area contributed by atoms with Gasteiger partial charge in [-0.05, 0) is 48.7 Å². The van der Waals surface area contributed by atoms with Gasteiger partial charge in [0.15, 0.2) is 5.69 Å². The van der Waals surface area contributed by atoms with Crippen molar-refractivity contribution in [2.75, 3.05) is 0 Å². The highest BCUT2D eigenvalue weighted by atomic mass is 16.2. The number of hydrogen-bond donors (Lipinski definition) is 1. The van der Waals surface area contributed by atoms with Gasteiger partial charge >= 0.3 is 0 Å². The smallest absolute Gasteiger partial charge is 0.279 e. The quantitative estimate of drug-likeness (QED) is 0.499. The summed E-state index contributed by atoms with van der Waals surface area (Å²) in [5.41, 5.74) is 7.22. The minimum absolute atomic E-state index is 0.117. The van der Waals surface area contributed by atoms with Gasteiger partial charge < -0.3 is 10.6 Å². The highest BCUT2D eigenvalue weighted by Gasteiger charge is 2.35. The van der Waals surface area contributed by atoms with Gasteiger partial charge in [-0.25, -0.2) is 0 Å². The molecule has 0 saturated heterocycles. The van der Waals surface area contributed by atoms with E-state index in [2.05, 4.69) is 5.10 Å². The van der Waals surface area contributed by atoms with Crippen LogP contribution in [0.5, 0.6) is 0 Å². The van der Waals surface area contributed by atoms with Crippen molar-refractivity contribution < 1.29 is 9.59 Å². The van der Waals surface area contributed by atoms with E-state index in [0.29, 0.717) is 28.6 Å². The third kappa shape index (κ3) is 4.01. The third-order valence-electron chi connectivity index (χ3n) is 5.85. The van der Waals surface area contributed by atoms with E-state index in [4.69, 9.17) is 5.73 Å². The maximum absolute atomic E-state index is 13.8. The second-order valence-electron chi connectivity index (χ2n) is 8.17. The zero-order chi connectivity index (χ0) is 22.9. The van der Waals surface area contributed by atoms with Crippen molar-refractivity contribution in [3.63, 3.8) is 0 Å². The second-order valence-corrected chi connectivity index (χ2v) is 8.17. The molecule has 3 aromatic carbocycles. The fourth-order valence-electron chi connectivity index (χ4n) is 3.95. The van der Waals surface area contributed by atoms with Gasteiger partial charge in [0.1, 0.15) is 0 Å². The van der Waals surface area contributed by atoms with E-state index in [1.165, 1.54) is 4.68 Å². The molecule has 33 heavy (non-hydrogen) atoms. The maximum atomic E-state index is 13.8. The lowest BCUT2D eigenvalue weighted by Gasteiger charge is -2.23. The van der Waals surface area contributed by atoms with E-state index in [0.717, 1.165) is 18.4 Å². The van der Waals surface area contributed by atoms with Crippen molar-refractivity contribution in [1.29, 1.82) is 0 Å². The molecule has 0 aliphatic heterocycles. The summed E-state index contributed by atoms with van der Waals surface area (Å²) in [6, 6.07) is 23.2. The van der Waals surface area contributed by atoms with Gasteiger partial charge in [0.25, 0.3) is 11.5 Å². The summed E-state index contributed by atoms with van der Waals surface area (Å²) in [7, 11) is 0. The Morgan fingerprint density at radius 1 is 0.909 bits per heavy atom. The van der Waals surface area contributed by atoms with Crippen molar-refractivity contribution in [2.45, 2.75) is 25.4 Å². The molecule has 1 aliphatic rings. The van der Waals surface area contributed by atoms with Crippen molar-refractivity contribution in [2.24, 2.45) is 5.73 Å². The minimum atomic E-state index is -0.490. The molecule has 1 heterocycles. The first-order valence-electron chi connectivity index (χ1n) is 10.8. The first-order valence-corrected chi connectivity index (χ1v) is 10.8. The van der Waals surface area contributed by atoms with E-state index in [9.17, 15) is 14.4 Å². The van der Waals surface area contributed by atoms with Crippen molar-refractivity contribution in [3.8, 4) is 5.69 Å². The van der Waals surface area contributed by atoms with Gasteiger partial charge in [-0.3, -0.25) is 14.4 Å². The average Bonchev–Trinajstić information content (AvgIpc) is 3.69. The number of fused-ring (bicyclic) bond motifs is 1. The summed E-state index contributed by atoms with van der Waals surface area (Å²) in [5, 5.41) is 5.51. The fraction of sp³-hybridized carbons (Fsp3) is 0.154. The monoisotopic (exact) mass is 438 g/mol. The predicted octanol–water partition coefficient (Wildman–Crippen LogP) is 3.29. The van der Waals surface area contributed by atoms with Crippen LogP contribution in [-0.2, 0) is 6.54 Å². The summed E-state index contributed by atoms with van der Waals surface area (Å²) < 4.78 is 1.29. The molecule has 0 atom stereocenters. The summed E-state index contributed by atoms with van der Waals surface area (Å²) in [4.78, 5) is 40.1. The van der Waals surface area contributed by atoms with E-state index in [-0.39, 0.29) is 23.2 Å².